The molecule has 1 aromatic carbocycles. The fourth-order valence-corrected chi connectivity index (χ4v) is 6.20. The van der Waals surface area contributed by atoms with Gasteiger partial charge in [0.05, 0.1) is 6.20 Å². The summed E-state index contributed by atoms with van der Waals surface area (Å²) >= 11 is 2.22. The molecule has 1 aliphatic heterocycles. The average molecular weight is 579 g/mol. The maximum atomic E-state index is 13.7. The summed E-state index contributed by atoms with van der Waals surface area (Å²) in [5, 5.41) is 4.61. The minimum absolute atomic E-state index is 0.130. The van der Waals surface area contributed by atoms with Gasteiger partial charge >= 0.3 is 0 Å². The molecule has 0 amide bonds. The number of hydrogen-bond acceptors (Lipinski definition) is 5. The largest absolute Gasteiger partial charge is 0.359 e. The van der Waals surface area contributed by atoms with Gasteiger partial charge in [0.25, 0.3) is 0 Å². The van der Waals surface area contributed by atoms with Crippen LogP contribution in [0.4, 0.5) is 10.2 Å². The van der Waals surface area contributed by atoms with E-state index in [9.17, 15) is 4.39 Å². The molecule has 1 saturated heterocycles. The molecule has 1 fully saturated rings. The predicted octanol–water partition coefficient (Wildman–Crippen LogP) is 5.28. The van der Waals surface area contributed by atoms with Crippen LogP contribution in [0.5, 0.6) is 0 Å². The van der Waals surface area contributed by atoms with Crippen molar-refractivity contribution in [2.45, 2.75) is 51.7 Å². The summed E-state index contributed by atoms with van der Waals surface area (Å²) in [6.45, 7) is 10.0. The summed E-state index contributed by atoms with van der Waals surface area (Å²) in [5.41, 5.74) is 4.06. The van der Waals surface area contributed by atoms with E-state index in [1.165, 1.54) is 5.56 Å². The lowest BCUT2D eigenvalue weighted by Gasteiger charge is -2.39. The van der Waals surface area contributed by atoms with Gasteiger partial charge in [0, 0.05) is 27.8 Å². The lowest BCUT2D eigenvalue weighted by atomic mass is 9.76. The van der Waals surface area contributed by atoms with Crippen molar-refractivity contribution in [2.75, 3.05) is 24.6 Å². The molecule has 9 heteroatoms. The molecule has 1 aliphatic carbocycles. The van der Waals surface area contributed by atoms with E-state index in [4.69, 9.17) is 9.72 Å². The Morgan fingerprint density at radius 2 is 2.00 bits per heavy atom. The first kappa shape index (κ1) is 23.2. The van der Waals surface area contributed by atoms with Gasteiger partial charge < -0.3 is 9.64 Å². The number of fused-ring (bicyclic) bond motifs is 2. The number of halogens is 2. The monoisotopic (exact) mass is 578 g/mol. The van der Waals surface area contributed by atoms with Crippen LogP contribution in [0.2, 0.25) is 25.7 Å². The molecular formula is C24H30FIN5OSi. The Balaban J connectivity index is 1.27. The molecule has 0 N–H and O–H groups in total. The average Bonchev–Trinajstić information content (AvgIpc) is 3.27. The number of nitrogens with zero attached hydrogens (tertiary/aromatic N) is 5. The van der Waals surface area contributed by atoms with Gasteiger partial charge in [-0.15, -0.1) is 0 Å². The second-order valence-corrected chi connectivity index (χ2v) is 17.2. The SMILES string of the molecule is C[Si](C)(C)CCOCn1nc(I)c2ncc(N3CCC4([CH]c5ccc(F)cc5C4)CC3)nc21. The van der Waals surface area contributed by atoms with Crippen LogP contribution in [0.1, 0.15) is 24.0 Å². The summed E-state index contributed by atoms with van der Waals surface area (Å²) in [4.78, 5) is 11.9. The van der Waals surface area contributed by atoms with E-state index in [1.54, 1.807) is 12.1 Å². The first-order valence-corrected chi connectivity index (χ1v) is 16.4. The van der Waals surface area contributed by atoms with Crippen LogP contribution in [0.3, 0.4) is 0 Å². The molecule has 1 radical (unpaired) electrons. The molecule has 6 nitrogen and oxygen atoms in total. The second kappa shape index (κ2) is 8.88. The number of hydrogen-bond donors (Lipinski definition) is 0. The van der Waals surface area contributed by atoms with Crippen molar-refractivity contribution in [2.24, 2.45) is 5.41 Å². The zero-order chi connectivity index (χ0) is 23.2. The molecular weight excluding hydrogens is 548 g/mol. The standard InChI is InChI=1S/C24H30FIN5OSi/c1-33(2,3)11-10-32-16-31-23-21(22(26)29-31)27-15-20(28-23)30-8-6-24(7-9-30)13-17-4-5-19(25)12-18(17)14-24/h4-5,12-13,15H,6-11,14,16H2,1-3H3. The van der Waals surface area contributed by atoms with Crippen LogP contribution in [-0.2, 0) is 17.9 Å². The normalized spacial score (nSPS) is 17.8. The van der Waals surface area contributed by atoms with Gasteiger partial charge in [0.2, 0.25) is 0 Å². The number of aromatic nitrogens is 4. The molecule has 3 aromatic rings. The lowest BCUT2D eigenvalue weighted by Crippen LogP contribution is -2.40. The van der Waals surface area contributed by atoms with Crippen molar-refractivity contribution in [3.8, 4) is 0 Å². The molecule has 5 rings (SSSR count). The highest BCUT2D eigenvalue weighted by molar-refractivity contribution is 14.1. The van der Waals surface area contributed by atoms with Crippen LogP contribution in [0.25, 0.3) is 11.2 Å². The molecule has 0 saturated carbocycles. The van der Waals surface area contributed by atoms with E-state index in [1.807, 2.05) is 16.9 Å². The van der Waals surface area contributed by atoms with E-state index in [0.717, 1.165) is 71.2 Å². The number of anilines is 1. The minimum atomic E-state index is -1.12. The third kappa shape index (κ3) is 4.95. The topological polar surface area (TPSA) is 56.1 Å². The first-order valence-electron chi connectivity index (χ1n) is 11.6. The zero-order valence-corrected chi connectivity index (χ0v) is 22.6. The Morgan fingerprint density at radius 3 is 2.76 bits per heavy atom. The molecule has 33 heavy (non-hydrogen) atoms. The summed E-state index contributed by atoms with van der Waals surface area (Å²) in [6, 6.07) is 6.30. The third-order valence-electron chi connectivity index (χ3n) is 6.79. The van der Waals surface area contributed by atoms with E-state index in [0.29, 0.717) is 6.73 Å². The Morgan fingerprint density at radius 1 is 1.21 bits per heavy atom. The number of ether oxygens (including phenoxy) is 1. The Hall–Kier alpha value is -1.59. The van der Waals surface area contributed by atoms with Gasteiger partial charge in [-0.25, -0.2) is 19.0 Å². The number of rotatable bonds is 6. The van der Waals surface area contributed by atoms with Crippen molar-refractivity contribution < 1.29 is 9.13 Å². The van der Waals surface area contributed by atoms with Crippen LogP contribution < -0.4 is 4.90 Å². The predicted molar refractivity (Wildman–Crippen MR) is 140 cm³/mol. The molecule has 2 aromatic heterocycles. The molecule has 2 aliphatic rings. The summed E-state index contributed by atoms with van der Waals surface area (Å²) < 4.78 is 22.3. The molecule has 0 bridgehead atoms. The summed E-state index contributed by atoms with van der Waals surface area (Å²) in [7, 11) is -1.12. The Bertz CT molecular complexity index is 1170. The molecule has 3 heterocycles. The van der Waals surface area contributed by atoms with Crippen LogP contribution >= 0.6 is 22.6 Å². The fraction of sp³-hybridized carbons (Fsp3) is 0.500. The van der Waals surface area contributed by atoms with E-state index >= 15 is 0 Å². The highest BCUT2D eigenvalue weighted by Crippen LogP contribution is 2.46. The van der Waals surface area contributed by atoms with E-state index < -0.39 is 8.07 Å². The van der Waals surface area contributed by atoms with Crippen molar-refractivity contribution in [3.05, 3.63) is 51.5 Å². The third-order valence-corrected chi connectivity index (χ3v) is 9.22. The minimum Gasteiger partial charge on any atom is -0.359 e. The Kier molecular flexibility index (Phi) is 6.24. The number of piperidine rings is 1. The summed E-state index contributed by atoms with van der Waals surface area (Å²) in [6.07, 6.45) is 7.21. The van der Waals surface area contributed by atoms with Gasteiger partial charge in [-0.3, -0.25) is 0 Å². The molecule has 0 atom stereocenters. The van der Waals surface area contributed by atoms with Crippen molar-refractivity contribution in [1.29, 1.82) is 0 Å². The van der Waals surface area contributed by atoms with E-state index in [-0.39, 0.29) is 11.2 Å². The van der Waals surface area contributed by atoms with Gasteiger partial charge in [0.15, 0.2) is 9.35 Å². The quantitative estimate of drug-likeness (QED) is 0.227. The molecule has 1 spiro atoms. The van der Waals surface area contributed by atoms with Crippen molar-refractivity contribution in [1.82, 2.24) is 19.7 Å². The van der Waals surface area contributed by atoms with Gasteiger partial charge in [-0.1, -0.05) is 25.7 Å². The van der Waals surface area contributed by atoms with Crippen LogP contribution in [-0.4, -0.2) is 47.5 Å². The smallest absolute Gasteiger partial charge is 0.182 e. The van der Waals surface area contributed by atoms with Gasteiger partial charge in [-0.2, -0.15) is 5.10 Å². The van der Waals surface area contributed by atoms with Gasteiger partial charge in [0.1, 0.15) is 23.9 Å². The maximum absolute atomic E-state index is 13.7. The highest BCUT2D eigenvalue weighted by Gasteiger charge is 2.40. The lowest BCUT2D eigenvalue weighted by molar-refractivity contribution is 0.0810. The summed E-state index contributed by atoms with van der Waals surface area (Å²) in [5.74, 6) is 0.745. The highest BCUT2D eigenvalue weighted by atomic mass is 127. The van der Waals surface area contributed by atoms with Crippen molar-refractivity contribution in [3.63, 3.8) is 0 Å². The zero-order valence-electron chi connectivity index (χ0n) is 19.4. The molecule has 175 valence electrons. The Labute approximate surface area is 209 Å². The van der Waals surface area contributed by atoms with Crippen molar-refractivity contribution >= 4 is 47.6 Å². The number of benzene rings is 1. The fourth-order valence-electron chi connectivity index (χ4n) is 4.80. The van der Waals surface area contributed by atoms with Crippen LogP contribution in [0, 0.1) is 21.4 Å². The van der Waals surface area contributed by atoms with Crippen LogP contribution in [0.15, 0.2) is 24.4 Å². The molecule has 0 unspecified atom stereocenters. The van der Waals surface area contributed by atoms with E-state index in [2.05, 4.69) is 63.6 Å². The maximum Gasteiger partial charge on any atom is 0.182 e. The second-order valence-electron chi connectivity index (χ2n) is 10.6. The van der Waals surface area contributed by atoms with Gasteiger partial charge in [-0.05, 0) is 83.0 Å². The first-order chi connectivity index (χ1) is 15.7.